The molecule has 0 saturated heterocycles. The first-order chi connectivity index (χ1) is 15.1. The fourth-order valence-corrected chi connectivity index (χ4v) is 6.67. The highest BCUT2D eigenvalue weighted by atomic mass is 32.2. The molecule has 6 rings (SSSR count). The highest BCUT2D eigenvalue weighted by molar-refractivity contribution is 7.90. The summed E-state index contributed by atoms with van der Waals surface area (Å²) in [5, 5.41) is 0. The molecule has 0 saturated carbocycles. The van der Waals surface area contributed by atoms with Crippen LogP contribution in [0.15, 0.2) is 114 Å². The first-order valence-corrected chi connectivity index (χ1v) is 11.7. The van der Waals surface area contributed by atoms with Crippen LogP contribution in [0.25, 0.3) is 11.1 Å². The molecule has 1 unspecified atom stereocenters. The standard InChI is InChI=1S/C27H19NO2S/c29-31(30)24-18-10-9-17-23(24)27(28-31)22-16-8-7-15-21(22)25(19-11-3-1-4-12-19)26(27)20-13-5-2-6-14-20/h1-18,28H. The van der Waals surface area contributed by atoms with Crippen molar-refractivity contribution in [1.82, 2.24) is 4.72 Å². The summed E-state index contributed by atoms with van der Waals surface area (Å²) < 4.78 is 29.7. The zero-order valence-electron chi connectivity index (χ0n) is 16.6. The Morgan fingerprint density at radius 2 is 1.13 bits per heavy atom. The summed E-state index contributed by atoms with van der Waals surface area (Å²) in [6, 6.07) is 35.7. The highest BCUT2D eigenvalue weighted by Crippen LogP contribution is 2.58. The Kier molecular flexibility index (Phi) is 3.85. The van der Waals surface area contributed by atoms with Gasteiger partial charge in [0, 0.05) is 5.56 Å². The van der Waals surface area contributed by atoms with Crippen molar-refractivity contribution in [2.75, 3.05) is 0 Å². The predicted octanol–water partition coefficient (Wildman–Crippen LogP) is 5.19. The number of sulfonamides is 1. The molecule has 4 aromatic carbocycles. The summed E-state index contributed by atoms with van der Waals surface area (Å²) in [5.74, 6) is 0. The van der Waals surface area contributed by atoms with Crippen LogP contribution in [0.1, 0.15) is 27.8 Å². The maximum absolute atomic E-state index is 13.3. The number of benzene rings is 4. The average molecular weight is 422 g/mol. The van der Waals surface area contributed by atoms with Crippen LogP contribution in [0.3, 0.4) is 0 Å². The van der Waals surface area contributed by atoms with Crippen LogP contribution in [-0.4, -0.2) is 8.42 Å². The van der Waals surface area contributed by atoms with Crippen LogP contribution in [0.5, 0.6) is 0 Å². The Balaban J connectivity index is 1.82. The van der Waals surface area contributed by atoms with Crippen molar-refractivity contribution in [2.24, 2.45) is 0 Å². The van der Waals surface area contributed by atoms with Gasteiger partial charge in [-0.05, 0) is 39.5 Å². The van der Waals surface area contributed by atoms with Gasteiger partial charge in [0.25, 0.3) is 0 Å². The van der Waals surface area contributed by atoms with E-state index in [9.17, 15) is 8.42 Å². The molecule has 0 bridgehead atoms. The van der Waals surface area contributed by atoms with E-state index >= 15 is 0 Å². The normalized spacial score (nSPS) is 20.6. The van der Waals surface area contributed by atoms with Gasteiger partial charge in [-0.3, -0.25) is 0 Å². The van der Waals surface area contributed by atoms with Crippen LogP contribution in [0.4, 0.5) is 0 Å². The van der Waals surface area contributed by atoms with Gasteiger partial charge in [0.05, 0.1) is 4.90 Å². The first kappa shape index (κ1) is 18.3. The third kappa shape index (κ3) is 2.46. The van der Waals surface area contributed by atoms with Crippen molar-refractivity contribution >= 4 is 21.2 Å². The Morgan fingerprint density at radius 1 is 0.581 bits per heavy atom. The molecule has 1 spiro atoms. The Hall–Kier alpha value is -3.47. The molecular weight excluding hydrogens is 402 g/mol. The Bertz CT molecular complexity index is 1460. The second-order valence-corrected chi connectivity index (χ2v) is 9.53. The van der Waals surface area contributed by atoms with Gasteiger partial charge in [0.2, 0.25) is 10.0 Å². The second kappa shape index (κ2) is 6.51. The molecule has 150 valence electrons. The molecule has 0 amide bonds. The molecule has 4 aromatic rings. The number of nitrogens with one attached hydrogen (secondary N) is 1. The molecule has 1 aliphatic heterocycles. The minimum absolute atomic E-state index is 0.340. The van der Waals surface area contributed by atoms with Gasteiger partial charge in [0.1, 0.15) is 5.54 Å². The van der Waals surface area contributed by atoms with Crippen LogP contribution in [-0.2, 0) is 15.6 Å². The molecule has 1 aliphatic carbocycles. The summed E-state index contributed by atoms with van der Waals surface area (Å²) in [4.78, 5) is 0.340. The summed E-state index contributed by atoms with van der Waals surface area (Å²) in [6.07, 6.45) is 0. The molecule has 3 nitrogen and oxygen atoms in total. The SMILES string of the molecule is O=S1(=O)NC2(C(c3ccccc3)=C(c3ccccc3)c3ccccc32)c2ccccc21. The fourth-order valence-electron chi connectivity index (χ4n) is 5.06. The molecule has 1 atom stereocenters. The van der Waals surface area contributed by atoms with E-state index in [1.807, 2.05) is 66.7 Å². The van der Waals surface area contributed by atoms with Crippen molar-refractivity contribution in [2.45, 2.75) is 10.4 Å². The van der Waals surface area contributed by atoms with E-state index < -0.39 is 15.6 Å². The predicted molar refractivity (Wildman–Crippen MR) is 123 cm³/mol. The molecule has 1 heterocycles. The number of rotatable bonds is 2. The van der Waals surface area contributed by atoms with Gasteiger partial charge in [-0.25, -0.2) is 8.42 Å². The number of fused-ring (bicyclic) bond motifs is 4. The van der Waals surface area contributed by atoms with Gasteiger partial charge < -0.3 is 0 Å². The van der Waals surface area contributed by atoms with Crippen molar-refractivity contribution in [3.63, 3.8) is 0 Å². The molecule has 0 aromatic heterocycles. The lowest BCUT2D eigenvalue weighted by molar-refractivity contribution is 0.569. The van der Waals surface area contributed by atoms with Crippen LogP contribution in [0.2, 0.25) is 0 Å². The van der Waals surface area contributed by atoms with E-state index in [-0.39, 0.29) is 0 Å². The van der Waals surface area contributed by atoms with Gasteiger partial charge in [-0.1, -0.05) is 103 Å². The van der Waals surface area contributed by atoms with Crippen molar-refractivity contribution in [3.05, 3.63) is 137 Å². The molecule has 0 radical (unpaired) electrons. The number of hydrogen-bond donors (Lipinski definition) is 1. The maximum Gasteiger partial charge on any atom is 0.242 e. The van der Waals surface area contributed by atoms with E-state index in [0.717, 1.165) is 39.0 Å². The third-order valence-electron chi connectivity index (χ3n) is 6.22. The van der Waals surface area contributed by atoms with Crippen LogP contribution >= 0.6 is 0 Å². The topological polar surface area (TPSA) is 46.2 Å². The molecular formula is C27H19NO2S. The molecule has 0 fully saturated rings. The Morgan fingerprint density at radius 3 is 1.84 bits per heavy atom. The maximum atomic E-state index is 13.3. The van der Waals surface area contributed by atoms with Gasteiger partial charge in [0.15, 0.2) is 0 Å². The lowest BCUT2D eigenvalue weighted by Crippen LogP contribution is -2.40. The van der Waals surface area contributed by atoms with E-state index in [1.165, 1.54) is 0 Å². The Labute approximate surface area is 181 Å². The van der Waals surface area contributed by atoms with E-state index in [1.54, 1.807) is 12.1 Å². The van der Waals surface area contributed by atoms with E-state index in [2.05, 4.69) is 35.1 Å². The number of hydrogen-bond acceptors (Lipinski definition) is 2. The molecule has 31 heavy (non-hydrogen) atoms. The largest absolute Gasteiger partial charge is 0.242 e. The van der Waals surface area contributed by atoms with Gasteiger partial charge in [-0.15, -0.1) is 0 Å². The quantitative estimate of drug-likeness (QED) is 0.484. The summed E-state index contributed by atoms with van der Waals surface area (Å²) in [6.45, 7) is 0. The monoisotopic (exact) mass is 421 g/mol. The summed E-state index contributed by atoms with van der Waals surface area (Å²) in [7, 11) is -3.67. The summed E-state index contributed by atoms with van der Waals surface area (Å²) in [5.41, 5.74) is 5.89. The highest BCUT2D eigenvalue weighted by Gasteiger charge is 2.55. The van der Waals surface area contributed by atoms with Crippen molar-refractivity contribution < 1.29 is 8.42 Å². The fraction of sp³-hybridized carbons (Fsp3) is 0.0370. The van der Waals surface area contributed by atoms with Crippen LogP contribution in [0, 0.1) is 0 Å². The average Bonchev–Trinajstić information content (AvgIpc) is 3.24. The van der Waals surface area contributed by atoms with Crippen LogP contribution < -0.4 is 4.72 Å². The molecule has 2 aliphatic rings. The molecule has 4 heteroatoms. The minimum Gasteiger partial charge on any atom is -0.207 e. The first-order valence-electron chi connectivity index (χ1n) is 10.2. The van der Waals surface area contributed by atoms with E-state index in [0.29, 0.717) is 4.90 Å². The second-order valence-electron chi connectivity index (χ2n) is 7.88. The smallest absolute Gasteiger partial charge is 0.207 e. The van der Waals surface area contributed by atoms with Gasteiger partial charge in [-0.2, -0.15) is 4.72 Å². The lowest BCUT2D eigenvalue weighted by atomic mass is 9.78. The summed E-state index contributed by atoms with van der Waals surface area (Å²) >= 11 is 0. The zero-order chi connectivity index (χ0) is 21.1. The van der Waals surface area contributed by atoms with Crippen molar-refractivity contribution in [1.29, 1.82) is 0 Å². The minimum atomic E-state index is -3.67. The third-order valence-corrected chi connectivity index (χ3v) is 7.73. The lowest BCUT2D eigenvalue weighted by Gasteiger charge is -2.30. The molecule has 1 N–H and O–H groups in total. The van der Waals surface area contributed by atoms with Gasteiger partial charge >= 0.3 is 0 Å². The van der Waals surface area contributed by atoms with E-state index in [4.69, 9.17) is 0 Å². The zero-order valence-corrected chi connectivity index (χ0v) is 17.4. The van der Waals surface area contributed by atoms with Crippen molar-refractivity contribution in [3.8, 4) is 0 Å².